The topological polar surface area (TPSA) is 48.5 Å². The normalized spacial score (nSPS) is 14.4. The van der Waals surface area contributed by atoms with Crippen molar-refractivity contribution in [2.24, 2.45) is 0 Å². The fourth-order valence-electron chi connectivity index (χ4n) is 17.7. The van der Waals surface area contributed by atoms with Crippen molar-refractivity contribution in [3.8, 4) is 112 Å². The van der Waals surface area contributed by atoms with E-state index in [4.69, 9.17) is 15.0 Å². The summed E-state index contributed by atoms with van der Waals surface area (Å²) in [7, 11) is 0. The van der Waals surface area contributed by atoms with Crippen LogP contribution in [0.25, 0.3) is 156 Å². The van der Waals surface area contributed by atoms with E-state index in [1.165, 1.54) is 169 Å². The van der Waals surface area contributed by atoms with Crippen LogP contribution in [-0.2, 0) is 0 Å². The average Bonchev–Trinajstić information content (AvgIpc) is 1.55. The molecule has 2 aliphatic heterocycles. The van der Waals surface area contributed by atoms with E-state index >= 15 is 0 Å². The highest BCUT2D eigenvalue weighted by atomic mass is 15.1. The fraction of sp³-hybridized carbons (Fsp3) is 0.129. The molecule has 0 bridgehead atoms. The van der Waals surface area contributed by atoms with Crippen molar-refractivity contribution >= 4 is 66.7 Å². The molecule has 0 N–H and O–H groups in total. The van der Waals surface area contributed by atoms with Crippen molar-refractivity contribution in [2.45, 2.75) is 76.0 Å². The zero-order valence-electron chi connectivity index (χ0n) is 55.3. The van der Waals surface area contributed by atoms with Gasteiger partial charge in [0.25, 0.3) is 6.71 Å². The molecule has 5 heterocycles. The Morgan fingerprint density at radius 3 is 0.889 bits per heavy atom. The number of aromatic nitrogens is 5. The molecule has 16 aromatic rings. The maximum atomic E-state index is 5.85. The summed E-state index contributed by atoms with van der Waals surface area (Å²) < 4.78 is 5.33. The Labute approximate surface area is 577 Å². The van der Waals surface area contributed by atoms with Gasteiger partial charge in [0.05, 0.1) is 11.0 Å². The van der Waals surface area contributed by atoms with Crippen molar-refractivity contribution in [2.75, 3.05) is 0 Å². The van der Waals surface area contributed by atoms with E-state index in [1.54, 1.807) is 0 Å². The summed E-state index contributed by atoms with van der Waals surface area (Å²) in [6.07, 6.45) is 12.6. The molecule has 2 aliphatic carbocycles. The first-order valence-electron chi connectivity index (χ1n) is 35.9. The van der Waals surface area contributed by atoms with Crippen LogP contribution in [0.4, 0.5) is 0 Å². The Hall–Kier alpha value is -11.5. The lowest BCUT2D eigenvalue weighted by Gasteiger charge is -2.35. The second kappa shape index (κ2) is 23.7. The van der Waals surface area contributed by atoms with Crippen LogP contribution in [0.1, 0.15) is 87.2 Å². The smallest absolute Gasteiger partial charge is 0.252 e. The van der Waals surface area contributed by atoms with Crippen LogP contribution in [0.15, 0.2) is 291 Å². The molecule has 0 atom stereocenters. The van der Waals surface area contributed by atoms with E-state index in [1.807, 2.05) is 0 Å². The number of hydrogen-bond donors (Lipinski definition) is 0. The van der Waals surface area contributed by atoms with E-state index in [0.717, 1.165) is 61.2 Å². The van der Waals surface area contributed by atoms with Gasteiger partial charge in [0.2, 0.25) is 0 Å². The van der Waals surface area contributed by atoms with Gasteiger partial charge in [-0.15, -0.1) is 0 Å². The van der Waals surface area contributed by atoms with Gasteiger partial charge in [-0.1, -0.05) is 245 Å². The summed E-state index contributed by atoms with van der Waals surface area (Å²) >= 11 is 0. The predicted molar refractivity (Wildman–Crippen MR) is 414 cm³/mol. The minimum atomic E-state index is -0.0595. The lowest BCUT2D eigenvalue weighted by molar-refractivity contribution is 0.444. The Balaban J connectivity index is 0.912. The number of hydrogen-bond acceptors (Lipinski definition) is 3. The Bertz CT molecular complexity index is 5380. The van der Waals surface area contributed by atoms with Crippen molar-refractivity contribution < 1.29 is 0 Å². The van der Waals surface area contributed by atoms with Crippen molar-refractivity contribution in [3.05, 3.63) is 302 Å². The first-order valence-corrected chi connectivity index (χ1v) is 35.9. The zero-order valence-corrected chi connectivity index (χ0v) is 55.3. The van der Waals surface area contributed by atoms with Crippen LogP contribution in [0, 0.1) is 0 Å². The standard InChI is InChI=1S/C93H70BN5/c1-9-25-59(26-10-1)67-41-43-84-78(51-67)80-53-73(65-37-21-7-22-38-65)55-82-89(80)98(84)86-57-77(58-87-88(86)94(82)83-56-74(66-39-23-8-24-40-66)54-81-79-52-68(60-27-11-2-12-28-60)42-44-85(79)99(87)90(81)83)93-96-91(75-47-69(61-29-13-3-14-30-61)45-70(48-75)62-31-15-4-16-32-62)95-92(97-93)76-49-71(63-33-17-5-18-34-63)46-72(50-76)64-35-19-6-20-36-64/h1-6,9-20,25-36,41-58,65-66H,7-8,21-24,37-40H2. The maximum Gasteiger partial charge on any atom is 0.252 e. The van der Waals surface area contributed by atoms with E-state index in [9.17, 15) is 0 Å². The molecule has 13 aromatic carbocycles. The molecule has 99 heavy (non-hydrogen) atoms. The Morgan fingerprint density at radius 1 is 0.253 bits per heavy atom. The van der Waals surface area contributed by atoms with E-state index in [0.29, 0.717) is 29.3 Å². The van der Waals surface area contributed by atoms with Crippen LogP contribution in [-0.4, -0.2) is 30.8 Å². The van der Waals surface area contributed by atoms with Gasteiger partial charge in [-0.25, -0.2) is 15.0 Å². The van der Waals surface area contributed by atoms with Gasteiger partial charge in [0.1, 0.15) is 0 Å². The summed E-state index contributed by atoms with van der Waals surface area (Å²) in [6.45, 7) is -0.0595. The molecule has 0 spiro atoms. The van der Waals surface area contributed by atoms with Crippen molar-refractivity contribution in [3.63, 3.8) is 0 Å². The molecular formula is C93H70BN5. The molecule has 4 aliphatic rings. The molecule has 470 valence electrons. The second-order valence-electron chi connectivity index (χ2n) is 28.3. The first kappa shape index (κ1) is 57.8. The largest absolute Gasteiger partial charge is 0.310 e. The Kier molecular flexibility index (Phi) is 13.8. The summed E-state index contributed by atoms with van der Waals surface area (Å²) in [4.78, 5) is 17.4. The third kappa shape index (κ3) is 9.85. The van der Waals surface area contributed by atoms with Gasteiger partial charge < -0.3 is 9.13 Å². The van der Waals surface area contributed by atoms with Gasteiger partial charge in [0.15, 0.2) is 17.5 Å². The summed E-state index contributed by atoms with van der Waals surface area (Å²) in [6, 6.07) is 109. The number of rotatable bonds is 11. The number of benzene rings is 13. The third-order valence-electron chi connectivity index (χ3n) is 22.4. The molecule has 0 unspecified atom stereocenters. The highest BCUT2D eigenvalue weighted by molar-refractivity contribution is 7.00. The van der Waals surface area contributed by atoms with E-state index in [-0.39, 0.29) is 6.71 Å². The molecule has 3 aromatic heterocycles. The monoisotopic (exact) mass is 1270 g/mol. The molecule has 0 radical (unpaired) electrons. The summed E-state index contributed by atoms with van der Waals surface area (Å²) in [5, 5.41) is 5.24. The van der Waals surface area contributed by atoms with E-state index in [2.05, 4.69) is 300 Å². The summed E-state index contributed by atoms with van der Waals surface area (Å²) in [5.41, 5.74) is 31.0. The van der Waals surface area contributed by atoms with Gasteiger partial charge in [-0.05, 0) is 217 Å². The number of fused-ring (bicyclic) bond motifs is 10. The average molecular weight is 1270 g/mol. The van der Waals surface area contributed by atoms with Gasteiger partial charge in [-0.3, -0.25) is 0 Å². The SMILES string of the molecule is c1ccc(-c2cc(-c3ccccc3)cc(-c3nc(-c4cc(-c5ccccc5)cc(-c5ccccc5)c4)nc(-c4cc5c6c(c4)-n4c7ccc(-c8ccccc8)cc7c7cc(C8CCCCC8)cc(c74)B6c4cc(C6CCCCC6)cc6c7cc(-c8ccccc8)ccc7n-5c46)n3)c2)cc1. The molecule has 2 saturated carbocycles. The zero-order chi connectivity index (χ0) is 65.1. The first-order chi connectivity index (χ1) is 49.0. The maximum absolute atomic E-state index is 5.85. The molecule has 6 heteroatoms. The molecule has 0 saturated heterocycles. The van der Waals surface area contributed by atoms with E-state index < -0.39 is 0 Å². The highest BCUT2D eigenvalue weighted by Crippen LogP contribution is 2.47. The molecule has 20 rings (SSSR count). The third-order valence-corrected chi connectivity index (χ3v) is 22.4. The molecule has 0 amide bonds. The molecule has 5 nitrogen and oxygen atoms in total. The second-order valence-corrected chi connectivity index (χ2v) is 28.3. The van der Waals surface area contributed by atoms with Crippen molar-refractivity contribution in [1.82, 2.24) is 24.1 Å². The molecule has 2 fully saturated rings. The summed E-state index contributed by atoms with van der Waals surface area (Å²) in [5.74, 6) is 2.82. The predicted octanol–water partition coefficient (Wildman–Crippen LogP) is 22.3. The Morgan fingerprint density at radius 2 is 0.556 bits per heavy atom. The minimum absolute atomic E-state index is 0.0595. The highest BCUT2D eigenvalue weighted by Gasteiger charge is 2.43. The minimum Gasteiger partial charge on any atom is -0.310 e. The van der Waals surface area contributed by atoms with Gasteiger partial charge >= 0.3 is 0 Å². The van der Waals surface area contributed by atoms with Crippen LogP contribution in [0.3, 0.4) is 0 Å². The molecular weight excluding hydrogens is 1200 g/mol. The lowest BCUT2D eigenvalue weighted by Crippen LogP contribution is -2.59. The fourth-order valence-corrected chi connectivity index (χ4v) is 17.7. The van der Waals surface area contributed by atoms with Gasteiger partial charge in [0, 0.05) is 60.6 Å². The van der Waals surface area contributed by atoms with Crippen LogP contribution in [0.2, 0.25) is 0 Å². The van der Waals surface area contributed by atoms with Gasteiger partial charge in [-0.2, -0.15) is 0 Å². The van der Waals surface area contributed by atoms with Crippen LogP contribution in [0.5, 0.6) is 0 Å². The van der Waals surface area contributed by atoms with Crippen LogP contribution < -0.4 is 16.4 Å². The van der Waals surface area contributed by atoms with Crippen LogP contribution >= 0.6 is 0 Å². The van der Waals surface area contributed by atoms with Crippen molar-refractivity contribution in [1.29, 1.82) is 0 Å². The quantitative estimate of drug-likeness (QED) is 0.121. The number of nitrogens with zero attached hydrogens (tertiary/aromatic N) is 5. The lowest BCUT2D eigenvalue weighted by atomic mass is 9.34.